The SMILES string of the molecule is CN(CCO)C(=O)CSCc1ccccn1. The Morgan fingerprint density at radius 2 is 2.38 bits per heavy atom. The van der Waals surface area contributed by atoms with E-state index in [2.05, 4.69) is 4.98 Å². The molecule has 1 N–H and O–H groups in total. The number of likely N-dealkylation sites (N-methyl/N-ethyl adjacent to an activating group) is 1. The maximum absolute atomic E-state index is 11.5. The lowest BCUT2D eigenvalue weighted by atomic mass is 10.4. The fourth-order valence-electron chi connectivity index (χ4n) is 1.11. The average Bonchev–Trinajstić information content (AvgIpc) is 2.30. The quantitative estimate of drug-likeness (QED) is 0.798. The predicted octanol–water partition coefficient (Wildman–Crippen LogP) is 0.765. The van der Waals surface area contributed by atoms with Crippen molar-refractivity contribution >= 4 is 17.7 Å². The summed E-state index contributed by atoms with van der Waals surface area (Å²) in [4.78, 5) is 17.2. The van der Waals surface area contributed by atoms with Crippen molar-refractivity contribution in [3.8, 4) is 0 Å². The van der Waals surface area contributed by atoms with Gasteiger partial charge < -0.3 is 10.0 Å². The van der Waals surface area contributed by atoms with Crippen LogP contribution in [0.3, 0.4) is 0 Å². The standard InChI is InChI=1S/C11H16N2O2S/c1-13(6-7-14)11(15)9-16-8-10-4-2-3-5-12-10/h2-5,14H,6-9H2,1H3. The van der Waals surface area contributed by atoms with Crippen LogP contribution in [0.25, 0.3) is 0 Å². The highest BCUT2D eigenvalue weighted by atomic mass is 32.2. The molecule has 0 aliphatic carbocycles. The number of hydrogen-bond acceptors (Lipinski definition) is 4. The van der Waals surface area contributed by atoms with Crippen LogP contribution in [0.5, 0.6) is 0 Å². The third-order valence-corrected chi connectivity index (χ3v) is 3.01. The summed E-state index contributed by atoms with van der Waals surface area (Å²) in [5, 5.41) is 8.68. The van der Waals surface area contributed by atoms with E-state index in [4.69, 9.17) is 5.11 Å². The minimum Gasteiger partial charge on any atom is -0.395 e. The predicted molar refractivity (Wildman–Crippen MR) is 65.1 cm³/mol. The van der Waals surface area contributed by atoms with E-state index in [1.165, 1.54) is 16.7 Å². The largest absolute Gasteiger partial charge is 0.395 e. The molecule has 1 aromatic heterocycles. The molecule has 1 rings (SSSR count). The van der Waals surface area contributed by atoms with Crippen LogP contribution in [0, 0.1) is 0 Å². The van der Waals surface area contributed by atoms with Gasteiger partial charge in [-0.3, -0.25) is 9.78 Å². The molecule has 0 aromatic carbocycles. The van der Waals surface area contributed by atoms with Crippen molar-refractivity contribution in [2.75, 3.05) is 26.0 Å². The van der Waals surface area contributed by atoms with E-state index in [0.717, 1.165) is 11.4 Å². The zero-order valence-electron chi connectivity index (χ0n) is 9.30. The number of aromatic nitrogens is 1. The molecule has 0 aliphatic heterocycles. The van der Waals surface area contributed by atoms with E-state index in [1.807, 2.05) is 18.2 Å². The van der Waals surface area contributed by atoms with Gasteiger partial charge in [0.1, 0.15) is 0 Å². The van der Waals surface area contributed by atoms with Crippen LogP contribution in [0.4, 0.5) is 0 Å². The Balaban J connectivity index is 2.23. The van der Waals surface area contributed by atoms with E-state index in [9.17, 15) is 4.79 Å². The van der Waals surface area contributed by atoms with Gasteiger partial charge in [-0.05, 0) is 12.1 Å². The summed E-state index contributed by atoms with van der Waals surface area (Å²) in [5.41, 5.74) is 0.977. The molecule has 0 atom stereocenters. The summed E-state index contributed by atoms with van der Waals surface area (Å²) in [6.45, 7) is 0.399. The number of rotatable bonds is 6. The Morgan fingerprint density at radius 3 is 3.00 bits per heavy atom. The summed E-state index contributed by atoms with van der Waals surface area (Å²) in [6.07, 6.45) is 1.75. The minimum absolute atomic E-state index is 0.00709. The molecule has 1 heterocycles. The van der Waals surface area contributed by atoms with Crippen molar-refractivity contribution in [1.82, 2.24) is 9.88 Å². The number of amides is 1. The van der Waals surface area contributed by atoms with Crippen molar-refractivity contribution in [3.05, 3.63) is 30.1 Å². The van der Waals surface area contributed by atoms with Gasteiger partial charge in [-0.25, -0.2) is 0 Å². The van der Waals surface area contributed by atoms with Gasteiger partial charge >= 0.3 is 0 Å². The summed E-state index contributed by atoms with van der Waals surface area (Å²) in [6, 6.07) is 5.74. The van der Waals surface area contributed by atoms with Crippen LogP contribution in [0.1, 0.15) is 5.69 Å². The molecule has 5 heteroatoms. The highest BCUT2D eigenvalue weighted by molar-refractivity contribution is 7.99. The van der Waals surface area contributed by atoms with Crippen molar-refractivity contribution < 1.29 is 9.90 Å². The zero-order valence-corrected chi connectivity index (χ0v) is 10.1. The number of pyridine rings is 1. The van der Waals surface area contributed by atoms with Crippen LogP contribution in [0.2, 0.25) is 0 Å². The molecule has 16 heavy (non-hydrogen) atoms. The molecule has 0 saturated carbocycles. The topological polar surface area (TPSA) is 53.4 Å². The minimum atomic E-state index is 0.00709. The number of hydrogen-bond donors (Lipinski definition) is 1. The van der Waals surface area contributed by atoms with Crippen LogP contribution in [-0.4, -0.2) is 46.8 Å². The van der Waals surface area contributed by atoms with Crippen LogP contribution >= 0.6 is 11.8 Å². The normalized spacial score (nSPS) is 10.1. The molecule has 0 unspecified atom stereocenters. The van der Waals surface area contributed by atoms with E-state index >= 15 is 0 Å². The molecule has 0 spiro atoms. The van der Waals surface area contributed by atoms with E-state index in [0.29, 0.717) is 12.3 Å². The first-order valence-corrected chi connectivity index (χ1v) is 6.22. The average molecular weight is 240 g/mol. The number of nitrogens with zero attached hydrogens (tertiary/aromatic N) is 2. The Bertz CT molecular complexity index is 319. The Labute approximate surface area is 99.7 Å². The maximum Gasteiger partial charge on any atom is 0.232 e. The fourth-order valence-corrected chi connectivity index (χ4v) is 1.99. The third kappa shape index (κ3) is 4.63. The molecule has 0 fully saturated rings. The molecule has 0 aliphatic rings. The van der Waals surface area contributed by atoms with E-state index in [1.54, 1.807) is 13.2 Å². The molecule has 1 amide bonds. The Kier molecular flexibility index (Phi) is 5.88. The lowest BCUT2D eigenvalue weighted by Crippen LogP contribution is -2.30. The summed E-state index contributed by atoms with van der Waals surface area (Å²) in [5.74, 6) is 1.20. The van der Waals surface area contributed by atoms with Gasteiger partial charge in [0.15, 0.2) is 0 Å². The monoisotopic (exact) mass is 240 g/mol. The molecule has 0 saturated heterocycles. The van der Waals surface area contributed by atoms with Gasteiger partial charge in [0, 0.05) is 25.5 Å². The second-order valence-corrected chi connectivity index (χ2v) is 4.34. The molecule has 0 radical (unpaired) electrons. The zero-order chi connectivity index (χ0) is 11.8. The Hall–Kier alpha value is -1.07. The van der Waals surface area contributed by atoms with Gasteiger partial charge in [0.2, 0.25) is 5.91 Å². The molecule has 4 nitrogen and oxygen atoms in total. The highest BCUT2D eigenvalue weighted by Crippen LogP contribution is 2.09. The summed E-state index contributed by atoms with van der Waals surface area (Å²) in [7, 11) is 1.69. The van der Waals surface area contributed by atoms with Crippen LogP contribution < -0.4 is 0 Å². The van der Waals surface area contributed by atoms with Gasteiger partial charge in [-0.1, -0.05) is 6.07 Å². The van der Waals surface area contributed by atoms with E-state index < -0.39 is 0 Å². The lowest BCUT2D eigenvalue weighted by molar-refractivity contribution is -0.127. The Morgan fingerprint density at radius 1 is 1.56 bits per heavy atom. The first-order valence-electron chi connectivity index (χ1n) is 5.06. The van der Waals surface area contributed by atoms with E-state index in [-0.39, 0.29) is 12.5 Å². The van der Waals surface area contributed by atoms with Gasteiger partial charge in [-0.15, -0.1) is 11.8 Å². The lowest BCUT2D eigenvalue weighted by Gasteiger charge is -2.14. The third-order valence-electron chi connectivity index (χ3n) is 2.06. The molecular formula is C11H16N2O2S. The van der Waals surface area contributed by atoms with Crippen molar-refractivity contribution in [1.29, 1.82) is 0 Å². The van der Waals surface area contributed by atoms with Gasteiger partial charge in [0.05, 0.1) is 18.1 Å². The molecule has 88 valence electrons. The second-order valence-electron chi connectivity index (χ2n) is 3.35. The summed E-state index contributed by atoms with van der Waals surface area (Å²) >= 11 is 1.53. The van der Waals surface area contributed by atoms with Crippen LogP contribution in [0.15, 0.2) is 24.4 Å². The molecule has 1 aromatic rings. The van der Waals surface area contributed by atoms with Gasteiger partial charge in [0.25, 0.3) is 0 Å². The van der Waals surface area contributed by atoms with Crippen molar-refractivity contribution in [2.45, 2.75) is 5.75 Å². The van der Waals surface area contributed by atoms with Crippen LogP contribution in [-0.2, 0) is 10.5 Å². The number of aliphatic hydroxyl groups is 1. The van der Waals surface area contributed by atoms with Gasteiger partial charge in [-0.2, -0.15) is 0 Å². The number of aliphatic hydroxyl groups excluding tert-OH is 1. The number of carbonyl (C=O) groups is 1. The van der Waals surface area contributed by atoms with Crippen molar-refractivity contribution in [2.24, 2.45) is 0 Å². The fraction of sp³-hybridized carbons (Fsp3) is 0.455. The number of thioether (sulfide) groups is 1. The number of carbonyl (C=O) groups excluding carboxylic acids is 1. The maximum atomic E-state index is 11.5. The van der Waals surface area contributed by atoms with Crippen molar-refractivity contribution in [3.63, 3.8) is 0 Å². The molecular weight excluding hydrogens is 224 g/mol. The first kappa shape index (κ1) is 13.0. The summed E-state index contributed by atoms with van der Waals surface area (Å²) < 4.78 is 0. The smallest absolute Gasteiger partial charge is 0.232 e. The highest BCUT2D eigenvalue weighted by Gasteiger charge is 2.07. The first-order chi connectivity index (χ1) is 7.74. The second kappa shape index (κ2) is 7.24. The molecule has 0 bridgehead atoms.